The third kappa shape index (κ3) is 4.31. The van der Waals surface area contributed by atoms with Gasteiger partial charge in [-0.1, -0.05) is 30.3 Å². The van der Waals surface area contributed by atoms with Crippen LogP contribution in [0, 0.1) is 0 Å². The van der Waals surface area contributed by atoms with E-state index < -0.39 is 9.28 Å². The largest absolute Gasteiger partial charge is 0.394 e. The summed E-state index contributed by atoms with van der Waals surface area (Å²) < 4.78 is 11.2. The summed E-state index contributed by atoms with van der Waals surface area (Å²) in [5, 5.41) is 0. The molecule has 0 aliphatic carbocycles. The second-order valence-corrected chi connectivity index (χ2v) is 5.23. The molecule has 0 atom stereocenters. The van der Waals surface area contributed by atoms with Crippen LogP contribution in [0.2, 0.25) is 0 Å². The molecule has 1 aromatic rings. The van der Waals surface area contributed by atoms with Crippen LogP contribution in [0.1, 0.15) is 26.3 Å². The van der Waals surface area contributed by atoms with Gasteiger partial charge in [-0.25, -0.2) is 0 Å². The highest BCUT2D eigenvalue weighted by Gasteiger charge is 2.09. The Hall–Kier alpha value is -0.903. The van der Waals surface area contributed by atoms with Gasteiger partial charge in [0, 0.05) is 13.2 Å². The van der Waals surface area contributed by atoms with E-state index in [0.717, 1.165) is 13.2 Å². The number of rotatable bonds is 6. The van der Waals surface area contributed by atoms with Gasteiger partial charge in [0.15, 0.2) is 0 Å². The molecule has 3 heteroatoms. The highest BCUT2D eigenvalue weighted by Crippen LogP contribution is 2.13. The van der Waals surface area contributed by atoms with Crippen molar-refractivity contribution in [1.82, 2.24) is 0 Å². The predicted octanol–water partition coefficient (Wildman–Crippen LogP) is 2.92. The van der Waals surface area contributed by atoms with Crippen molar-refractivity contribution in [3.63, 3.8) is 0 Å². The fourth-order valence-electron chi connectivity index (χ4n) is 1.47. The van der Waals surface area contributed by atoms with Gasteiger partial charge in [-0.05, 0) is 37.6 Å². The van der Waals surface area contributed by atoms with E-state index in [-0.39, 0.29) is 0 Å². The molecule has 0 fully saturated rings. The normalized spacial score (nSPS) is 12.1. The van der Waals surface area contributed by atoms with Gasteiger partial charge in [-0.3, -0.25) is 0 Å². The smallest absolute Gasteiger partial charge is 0.348 e. The first-order valence-corrected chi connectivity index (χ1v) is 7.36. The lowest BCUT2D eigenvalue weighted by molar-refractivity contribution is 0.224. The molecule has 1 rings (SSSR count). The van der Waals surface area contributed by atoms with Gasteiger partial charge in [0.25, 0.3) is 0 Å². The molecular formula is C13H20O2Si. The van der Waals surface area contributed by atoms with Crippen LogP contribution in [-0.4, -0.2) is 22.5 Å². The molecule has 16 heavy (non-hydrogen) atoms. The Morgan fingerprint density at radius 3 is 2.19 bits per heavy atom. The first kappa shape index (κ1) is 13.2. The molecule has 0 N–H and O–H groups in total. The lowest BCUT2D eigenvalue weighted by atomic mass is 10.1. The second-order valence-electron chi connectivity index (χ2n) is 3.49. The second kappa shape index (κ2) is 7.38. The van der Waals surface area contributed by atoms with E-state index in [1.165, 1.54) is 11.1 Å². The number of hydrogen-bond donors (Lipinski definition) is 0. The van der Waals surface area contributed by atoms with E-state index in [0.29, 0.717) is 0 Å². The highest BCUT2D eigenvalue weighted by atomic mass is 28.3. The molecule has 0 amide bonds. The fourth-order valence-corrected chi connectivity index (χ4v) is 3.02. The fraction of sp³-hybridized carbons (Fsp3) is 0.385. The number of benzene rings is 1. The zero-order valence-electron chi connectivity index (χ0n) is 10.3. The van der Waals surface area contributed by atoms with Gasteiger partial charge >= 0.3 is 9.28 Å². The van der Waals surface area contributed by atoms with Crippen LogP contribution in [0.3, 0.4) is 0 Å². The van der Waals surface area contributed by atoms with E-state index in [4.69, 9.17) is 8.85 Å². The maximum atomic E-state index is 5.61. The number of hydrogen-bond acceptors (Lipinski definition) is 2. The van der Waals surface area contributed by atoms with Crippen LogP contribution in [-0.2, 0) is 8.85 Å². The highest BCUT2D eigenvalue weighted by molar-refractivity contribution is 6.52. The number of allylic oxidation sites excluding steroid dienone is 1. The monoisotopic (exact) mass is 236 g/mol. The van der Waals surface area contributed by atoms with Crippen molar-refractivity contribution in [2.45, 2.75) is 20.8 Å². The molecule has 0 radical (unpaired) electrons. The molecule has 0 aliphatic rings. The molecule has 0 bridgehead atoms. The van der Waals surface area contributed by atoms with Gasteiger partial charge in [0.1, 0.15) is 0 Å². The summed E-state index contributed by atoms with van der Waals surface area (Å²) in [5.41, 5.74) is 4.63. The van der Waals surface area contributed by atoms with Crippen LogP contribution in [0.15, 0.2) is 36.0 Å². The summed E-state index contributed by atoms with van der Waals surface area (Å²) in [4.78, 5) is 0. The first-order valence-electron chi connectivity index (χ1n) is 5.75. The van der Waals surface area contributed by atoms with Gasteiger partial charge in [-0.2, -0.15) is 0 Å². The third-order valence-corrected chi connectivity index (χ3v) is 4.37. The Kier molecular flexibility index (Phi) is 6.07. The predicted molar refractivity (Wildman–Crippen MR) is 70.5 cm³/mol. The average molecular weight is 236 g/mol. The van der Waals surface area contributed by atoms with Crippen molar-refractivity contribution in [3.05, 3.63) is 41.6 Å². The van der Waals surface area contributed by atoms with Crippen molar-refractivity contribution in [3.8, 4) is 0 Å². The lowest BCUT2D eigenvalue weighted by Gasteiger charge is -2.12. The van der Waals surface area contributed by atoms with Crippen molar-refractivity contribution in [1.29, 1.82) is 0 Å². The van der Waals surface area contributed by atoms with Crippen LogP contribution in [0.25, 0.3) is 5.57 Å². The quantitative estimate of drug-likeness (QED) is 0.707. The third-order valence-electron chi connectivity index (χ3n) is 2.28. The Labute approximate surface area is 99.7 Å². The summed E-state index contributed by atoms with van der Waals surface area (Å²) >= 11 is 0. The minimum atomic E-state index is -1.62. The zero-order chi connectivity index (χ0) is 11.8. The van der Waals surface area contributed by atoms with E-state index in [1.54, 1.807) is 0 Å². The van der Waals surface area contributed by atoms with E-state index in [2.05, 4.69) is 24.8 Å². The van der Waals surface area contributed by atoms with Gasteiger partial charge < -0.3 is 8.85 Å². The lowest BCUT2D eigenvalue weighted by Crippen LogP contribution is -2.21. The summed E-state index contributed by atoms with van der Waals surface area (Å²) in [6.07, 6.45) is 0. The van der Waals surface area contributed by atoms with Crippen molar-refractivity contribution in [2.24, 2.45) is 0 Å². The standard InChI is InChI=1S/C13H20O2Si/c1-4-14-16(15-5-2)11-12(3)13-9-7-6-8-10-13/h6-11,16H,4-5H2,1-3H3. The molecule has 1 aromatic carbocycles. The maximum Gasteiger partial charge on any atom is 0.348 e. The van der Waals surface area contributed by atoms with Crippen molar-refractivity contribution >= 4 is 14.9 Å². The minimum Gasteiger partial charge on any atom is -0.394 e. The van der Waals surface area contributed by atoms with Crippen LogP contribution < -0.4 is 0 Å². The minimum absolute atomic E-state index is 0.718. The summed E-state index contributed by atoms with van der Waals surface area (Å²) in [6.45, 7) is 7.55. The molecule has 0 saturated carbocycles. The summed E-state index contributed by atoms with van der Waals surface area (Å²) in [5.74, 6) is 0. The molecule has 2 nitrogen and oxygen atoms in total. The van der Waals surface area contributed by atoms with E-state index in [9.17, 15) is 0 Å². The van der Waals surface area contributed by atoms with Crippen LogP contribution in [0.4, 0.5) is 0 Å². The maximum absolute atomic E-state index is 5.61. The van der Waals surface area contributed by atoms with Gasteiger partial charge in [0.05, 0.1) is 0 Å². The molecule has 88 valence electrons. The Morgan fingerprint density at radius 2 is 1.69 bits per heavy atom. The zero-order valence-corrected chi connectivity index (χ0v) is 11.4. The van der Waals surface area contributed by atoms with E-state index in [1.807, 2.05) is 32.0 Å². The van der Waals surface area contributed by atoms with Crippen molar-refractivity contribution < 1.29 is 8.85 Å². The topological polar surface area (TPSA) is 18.5 Å². The SMILES string of the molecule is CCO[SiH](C=C(C)c1ccccc1)OCC. The van der Waals surface area contributed by atoms with Crippen molar-refractivity contribution in [2.75, 3.05) is 13.2 Å². The Balaban J connectivity index is 2.72. The summed E-state index contributed by atoms with van der Waals surface area (Å²) in [7, 11) is -1.62. The molecular weight excluding hydrogens is 216 g/mol. The van der Waals surface area contributed by atoms with Gasteiger partial charge in [0.2, 0.25) is 0 Å². The average Bonchev–Trinajstić information content (AvgIpc) is 2.31. The molecule has 0 aromatic heterocycles. The molecule has 0 heterocycles. The van der Waals surface area contributed by atoms with Crippen LogP contribution >= 0.6 is 0 Å². The summed E-state index contributed by atoms with van der Waals surface area (Å²) in [6, 6.07) is 10.3. The molecule has 0 aliphatic heterocycles. The Morgan fingerprint density at radius 1 is 1.12 bits per heavy atom. The Bertz CT molecular complexity index is 316. The van der Waals surface area contributed by atoms with Crippen LogP contribution in [0.5, 0.6) is 0 Å². The van der Waals surface area contributed by atoms with Gasteiger partial charge in [-0.15, -0.1) is 0 Å². The van der Waals surface area contributed by atoms with E-state index >= 15 is 0 Å². The first-order chi connectivity index (χ1) is 7.77. The molecule has 0 saturated heterocycles. The molecule has 0 spiro atoms. The molecule has 0 unspecified atom stereocenters.